The van der Waals surface area contributed by atoms with E-state index in [1.807, 2.05) is 13.8 Å². The molecule has 1 aliphatic rings. The van der Waals surface area contributed by atoms with Gasteiger partial charge < -0.3 is 9.32 Å². The lowest BCUT2D eigenvalue weighted by Crippen LogP contribution is -2.46. The smallest absolute Gasteiger partial charge is 0.263 e. The molecule has 1 saturated heterocycles. The van der Waals surface area contributed by atoms with Gasteiger partial charge in [0.15, 0.2) is 5.58 Å². The number of nitrogens with zero attached hydrogens (tertiary/aromatic N) is 5. The van der Waals surface area contributed by atoms with Gasteiger partial charge in [0.05, 0.1) is 6.54 Å². The molecule has 8 heteroatoms. The summed E-state index contributed by atoms with van der Waals surface area (Å²) >= 11 is 0. The molecule has 3 aromatic rings. The number of aryl methyl sites for hydroxylation is 1. The van der Waals surface area contributed by atoms with Gasteiger partial charge in [0, 0.05) is 43.0 Å². The Bertz CT molecular complexity index is 950. The van der Waals surface area contributed by atoms with Crippen molar-refractivity contribution >= 4 is 16.9 Å². The van der Waals surface area contributed by atoms with Gasteiger partial charge in [-0.3, -0.25) is 4.90 Å². The zero-order valence-electron chi connectivity index (χ0n) is 15.3. The Balaban J connectivity index is 1.42. The third-order valence-corrected chi connectivity index (χ3v) is 5.05. The highest BCUT2D eigenvalue weighted by atomic mass is 19.3. The molecule has 1 aromatic carbocycles. The van der Waals surface area contributed by atoms with Crippen molar-refractivity contribution in [1.29, 1.82) is 0 Å². The van der Waals surface area contributed by atoms with Gasteiger partial charge in [-0.25, -0.2) is 23.7 Å². The van der Waals surface area contributed by atoms with E-state index < -0.39 is 6.43 Å². The molecule has 0 radical (unpaired) electrons. The highest BCUT2D eigenvalue weighted by Crippen LogP contribution is 2.25. The first kappa shape index (κ1) is 17.8. The van der Waals surface area contributed by atoms with Crippen LogP contribution in [0.25, 0.3) is 11.1 Å². The second kappa shape index (κ2) is 7.19. The number of aromatic nitrogens is 3. The Morgan fingerprint density at radius 2 is 1.89 bits per heavy atom. The third-order valence-electron chi connectivity index (χ3n) is 5.05. The molecule has 0 amide bonds. The molecular formula is C19H21F2N5O. The average molecular weight is 373 g/mol. The van der Waals surface area contributed by atoms with Gasteiger partial charge in [-0.2, -0.15) is 0 Å². The first-order valence-electron chi connectivity index (χ1n) is 8.94. The Morgan fingerprint density at radius 3 is 2.63 bits per heavy atom. The van der Waals surface area contributed by atoms with Crippen LogP contribution < -0.4 is 4.90 Å². The molecule has 0 spiro atoms. The number of alkyl halides is 2. The number of oxazole rings is 1. The summed E-state index contributed by atoms with van der Waals surface area (Å²) in [6, 6.07) is 4.34. The van der Waals surface area contributed by atoms with Crippen LogP contribution in [0, 0.1) is 13.8 Å². The third kappa shape index (κ3) is 3.62. The van der Waals surface area contributed by atoms with E-state index in [9.17, 15) is 8.78 Å². The molecule has 142 valence electrons. The predicted molar refractivity (Wildman–Crippen MR) is 98.0 cm³/mol. The zero-order valence-corrected chi connectivity index (χ0v) is 15.3. The van der Waals surface area contributed by atoms with Crippen molar-refractivity contribution in [2.75, 3.05) is 31.1 Å². The van der Waals surface area contributed by atoms with Crippen molar-refractivity contribution in [2.45, 2.75) is 26.8 Å². The van der Waals surface area contributed by atoms with E-state index >= 15 is 0 Å². The van der Waals surface area contributed by atoms with Crippen LogP contribution in [0.4, 0.5) is 14.6 Å². The maximum atomic E-state index is 12.8. The Morgan fingerprint density at radius 1 is 1.11 bits per heavy atom. The molecule has 1 aliphatic heterocycles. The van der Waals surface area contributed by atoms with E-state index in [0.717, 1.165) is 43.3 Å². The first-order valence-corrected chi connectivity index (χ1v) is 8.94. The molecule has 0 N–H and O–H groups in total. The van der Waals surface area contributed by atoms with E-state index in [4.69, 9.17) is 4.42 Å². The van der Waals surface area contributed by atoms with Crippen LogP contribution in [0.15, 0.2) is 28.9 Å². The molecule has 2 aromatic heterocycles. The highest BCUT2D eigenvalue weighted by molar-refractivity contribution is 5.73. The van der Waals surface area contributed by atoms with E-state index in [-0.39, 0.29) is 5.56 Å². The van der Waals surface area contributed by atoms with E-state index in [1.54, 1.807) is 12.4 Å². The summed E-state index contributed by atoms with van der Waals surface area (Å²) in [6.07, 6.45) is -0.896. The minimum Gasteiger partial charge on any atom is -0.439 e. The molecule has 0 unspecified atom stereocenters. The number of hydrogen-bond donors (Lipinski definition) is 0. The van der Waals surface area contributed by atoms with Crippen molar-refractivity contribution in [2.24, 2.45) is 0 Å². The Kier molecular flexibility index (Phi) is 4.73. The molecule has 27 heavy (non-hydrogen) atoms. The molecule has 0 bridgehead atoms. The summed E-state index contributed by atoms with van der Waals surface area (Å²) in [5, 5.41) is 0. The van der Waals surface area contributed by atoms with Crippen LogP contribution in [0.3, 0.4) is 0 Å². The number of fused-ring (bicyclic) bond motifs is 1. The van der Waals surface area contributed by atoms with Gasteiger partial charge in [0.25, 0.3) is 6.43 Å². The molecular weight excluding hydrogens is 352 g/mol. The number of anilines is 1. The Hall–Kier alpha value is -2.61. The normalized spacial score (nSPS) is 15.8. The number of hydrogen-bond acceptors (Lipinski definition) is 6. The minimum absolute atomic E-state index is 0.0357. The van der Waals surface area contributed by atoms with E-state index in [1.165, 1.54) is 12.1 Å². The van der Waals surface area contributed by atoms with Crippen molar-refractivity contribution < 1.29 is 13.2 Å². The van der Waals surface area contributed by atoms with Gasteiger partial charge in [0.1, 0.15) is 17.7 Å². The van der Waals surface area contributed by atoms with E-state index in [0.29, 0.717) is 23.5 Å². The first-order chi connectivity index (χ1) is 13.0. The predicted octanol–water partition coefficient (Wildman–Crippen LogP) is 3.49. The number of rotatable bonds is 4. The summed E-state index contributed by atoms with van der Waals surface area (Å²) in [7, 11) is 0. The van der Waals surface area contributed by atoms with Crippen molar-refractivity contribution in [1.82, 2.24) is 19.9 Å². The summed E-state index contributed by atoms with van der Waals surface area (Å²) in [5.74, 6) is 1.54. The van der Waals surface area contributed by atoms with Gasteiger partial charge in [-0.1, -0.05) is 0 Å². The van der Waals surface area contributed by atoms with Crippen LogP contribution >= 0.6 is 0 Å². The van der Waals surface area contributed by atoms with Gasteiger partial charge in [-0.15, -0.1) is 0 Å². The molecule has 3 heterocycles. The van der Waals surface area contributed by atoms with Gasteiger partial charge in [-0.05, 0) is 32.0 Å². The largest absolute Gasteiger partial charge is 0.439 e. The fraction of sp³-hybridized carbons (Fsp3) is 0.421. The molecule has 1 fully saturated rings. The second-order valence-electron chi connectivity index (χ2n) is 6.81. The van der Waals surface area contributed by atoms with Crippen LogP contribution in [0.2, 0.25) is 0 Å². The summed E-state index contributed by atoms with van der Waals surface area (Å²) in [5.41, 5.74) is 3.09. The highest BCUT2D eigenvalue weighted by Gasteiger charge is 2.21. The number of benzene rings is 1. The fourth-order valence-corrected chi connectivity index (χ4v) is 3.35. The number of piperazine rings is 1. The average Bonchev–Trinajstić information content (AvgIpc) is 3.06. The van der Waals surface area contributed by atoms with Crippen LogP contribution in [0.5, 0.6) is 0 Å². The second-order valence-corrected chi connectivity index (χ2v) is 6.81. The van der Waals surface area contributed by atoms with Crippen molar-refractivity contribution in [3.8, 4) is 0 Å². The lowest BCUT2D eigenvalue weighted by molar-refractivity contribution is 0.151. The number of halogens is 2. The monoisotopic (exact) mass is 373 g/mol. The van der Waals surface area contributed by atoms with Gasteiger partial charge in [0.2, 0.25) is 5.89 Å². The quantitative estimate of drug-likeness (QED) is 0.698. The summed E-state index contributed by atoms with van der Waals surface area (Å²) in [4.78, 5) is 17.5. The SMILES string of the molecule is Cc1ncnc(N2CCN(Cc3nc4cc(C(F)F)ccc4o3)CC2)c1C. The molecule has 4 rings (SSSR count). The maximum absolute atomic E-state index is 12.8. The van der Waals surface area contributed by atoms with Crippen molar-refractivity contribution in [3.05, 3.63) is 47.2 Å². The molecule has 6 nitrogen and oxygen atoms in total. The minimum atomic E-state index is -2.50. The lowest BCUT2D eigenvalue weighted by atomic mass is 10.2. The Labute approximate surface area is 155 Å². The van der Waals surface area contributed by atoms with Crippen LogP contribution in [-0.4, -0.2) is 46.0 Å². The van der Waals surface area contributed by atoms with Crippen LogP contribution in [-0.2, 0) is 6.54 Å². The zero-order chi connectivity index (χ0) is 19.0. The van der Waals surface area contributed by atoms with Gasteiger partial charge >= 0.3 is 0 Å². The summed E-state index contributed by atoms with van der Waals surface area (Å²) < 4.78 is 31.4. The summed E-state index contributed by atoms with van der Waals surface area (Å²) in [6.45, 7) is 8.01. The van der Waals surface area contributed by atoms with E-state index in [2.05, 4.69) is 24.8 Å². The maximum Gasteiger partial charge on any atom is 0.263 e. The molecule has 0 aliphatic carbocycles. The standard InChI is InChI=1S/C19H21F2N5O/c1-12-13(2)22-11-23-19(12)26-7-5-25(6-8-26)10-17-24-15-9-14(18(20)21)3-4-16(15)27-17/h3-4,9,11,18H,5-8,10H2,1-2H3. The fourth-order valence-electron chi connectivity index (χ4n) is 3.35. The molecule has 0 atom stereocenters. The topological polar surface area (TPSA) is 58.3 Å². The lowest BCUT2D eigenvalue weighted by Gasteiger charge is -2.35. The van der Waals surface area contributed by atoms with Crippen molar-refractivity contribution in [3.63, 3.8) is 0 Å². The van der Waals surface area contributed by atoms with Crippen LogP contribution in [0.1, 0.15) is 29.1 Å². The molecule has 0 saturated carbocycles.